The number of benzene rings is 2. The maximum absolute atomic E-state index is 12.3. The second kappa shape index (κ2) is 6.14. The van der Waals surface area contributed by atoms with Crippen LogP contribution in [0.1, 0.15) is 5.56 Å². The summed E-state index contributed by atoms with van der Waals surface area (Å²) >= 11 is 0.885. The molecule has 0 saturated carbocycles. The Hall–Kier alpha value is -2.58. The molecule has 0 aliphatic heterocycles. The molecule has 1 aromatic heterocycles. The Bertz CT molecular complexity index is 1020. The highest BCUT2D eigenvalue weighted by Gasteiger charge is 2.14. The van der Waals surface area contributed by atoms with Gasteiger partial charge in [0.1, 0.15) is 0 Å². The number of nitrogens with one attached hydrogen (secondary N) is 2. The molecule has 0 aliphatic rings. The van der Waals surface area contributed by atoms with Crippen molar-refractivity contribution >= 4 is 27.0 Å². The van der Waals surface area contributed by atoms with Gasteiger partial charge in [0, 0.05) is 5.69 Å². The summed E-state index contributed by atoms with van der Waals surface area (Å²) in [5.41, 5.74) is 1.99. The minimum atomic E-state index is -3.66. The summed E-state index contributed by atoms with van der Waals surface area (Å²) in [6.45, 7) is 1.88. The lowest BCUT2D eigenvalue weighted by Gasteiger charge is -2.09. The summed E-state index contributed by atoms with van der Waals surface area (Å²) in [6, 6.07) is 13.0. The normalized spacial score (nSPS) is 11.4. The number of rotatable bonds is 4. The molecule has 124 valence electrons. The van der Waals surface area contributed by atoms with Gasteiger partial charge < -0.3 is 5.11 Å². The molecular formula is C16H14N2O4S2. The van der Waals surface area contributed by atoms with E-state index >= 15 is 0 Å². The molecule has 0 radical (unpaired) electrons. The molecular weight excluding hydrogens is 348 g/mol. The van der Waals surface area contributed by atoms with Crippen LogP contribution in [0.5, 0.6) is 5.88 Å². The molecule has 0 atom stereocenters. The average molecular weight is 362 g/mol. The van der Waals surface area contributed by atoms with E-state index in [0.29, 0.717) is 16.1 Å². The lowest BCUT2D eigenvalue weighted by molar-refractivity contribution is 0.458. The number of hydrogen-bond donors (Lipinski definition) is 3. The minimum Gasteiger partial charge on any atom is -0.493 e. The summed E-state index contributed by atoms with van der Waals surface area (Å²) < 4.78 is 27.2. The van der Waals surface area contributed by atoms with Crippen LogP contribution in [0.4, 0.5) is 5.69 Å². The van der Waals surface area contributed by atoms with Gasteiger partial charge in [-0.25, -0.2) is 8.42 Å². The highest BCUT2D eigenvalue weighted by molar-refractivity contribution is 7.92. The summed E-state index contributed by atoms with van der Waals surface area (Å²) in [4.78, 5) is 13.8. The Balaban J connectivity index is 1.85. The van der Waals surface area contributed by atoms with Gasteiger partial charge >= 0.3 is 4.87 Å². The van der Waals surface area contributed by atoms with Crippen molar-refractivity contribution in [2.45, 2.75) is 11.8 Å². The number of aromatic nitrogens is 1. The van der Waals surface area contributed by atoms with Gasteiger partial charge in [-0.15, -0.1) is 0 Å². The molecule has 0 saturated heterocycles. The van der Waals surface area contributed by atoms with E-state index < -0.39 is 10.0 Å². The first-order valence-corrected chi connectivity index (χ1v) is 9.27. The zero-order valence-corrected chi connectivity index (χ0v) is 14.2. The fraction of sp³-hybridized carbons (Fsp3) is 0.0625. The van der Waals surface area contributed by atoms with E-state index in [1.165, 1.54) is 0 Å². The van der Waals surface area contributed by atoms with Crippen molar-refractivity contribution < 1.29 is 13.5 Å². The SMILES string of the molecule is Cc1ccc(S(=O)(=O)Nc2ccc(-c3sc(=O)[nH]c3O)cc2)cc1. The van der Waals surface area contributed by atoms with Crippen molar-refractivity contribution in [3.8, 4) is 16.3 Å². The molecule has 3 rings (SSSR count). The first-order chi connectivity index (χ1) is 11.3. The molecule has 2 aromatic carbocycles. The maximum atomic E-state index is 12.3. The highest BCUT2D eigenvalue weighted by Crippen LogP contribution is 2.30. The molecule has 1 heterocycles. The number of aromatic amines is 1. The topological polar surface area (TPSA) is 99.3 Å². The summed E-state index contributed by atoms with van der Waals surface area (Å²) in [6.07, 6.45) is 0. The first kappa shape index (κ1) is 16.3. The smallest absolute Gasteiger partial charge is 0.307 e. The molecule has 0 bridgehead atoms. The first-order valence-electron chi connectivity index (χ1n) is 6.97. The molecule has 0 amide bonds. The van der Waals surface area contributed by atoms with E-state index in [4.69, 9.17) is 0 Å². The average Bonchev–Trinajstić information content (AvgIpc) is 2.87. The quantitative estimate of drug-likeness (QED) is 0.664. The van der Waals surface area contributed by atoms with Crippen molar-refractivity contribution in [3.63, 3.8) is 0 Å². The lowest BCUT2D eigenvalue weighted by Crippen LogP contribution is -2.12. The molecule has 3 aromatic rings. The lowest BCUT2D eigenvalue weighted by atomic mass is 10.2. The van der Waals surface area contributed by atoms with Crippen LogP contribution in [0.25, 0.3) is 10.4 Å². The van der Waals surface area contributed by atoms with Crippen LogP contribution in [0, 0.1) is 6.92 Å². The van der Waals surface area contributed by atoms with Crippen molar-refractivity contribution in [2.75, 3.05) is 4.72 Å². The maximum Gasteiger partial charge on any atom is 0.307 e. The van der Waals surface area contributed by atoms with Gasteiger partial charge in [-0.05, 0) is 36.8 Å². The molecule has 0 fully saturated rings. The minimum absolute atomic E-state index is 0.179. The summed E-state index contributed by atoms with van der Waals surface area (Å²) in [5, 5.41) is 9.65. The van der Waals surface area contributed by atoms with Gasteiger partial charge in [0.25, 0.3) is 10.0 Å². The molecule has 0 unspecified atom stereocenters. The number of H-pyrrole nitrogens is 1. The second-order valence-electron chi connectivity index (χ2n) is 5.19. The van der Waals surface area contributed by atoms with Crippen LogP contribution in [-0.4, -0.2) is 18.5 Å². The number of anilines is 1. The number of aryl methyl sites for hydroxylation is 1. The Kier molecular flexibility index (Phi) is 4.16. The third-order valence-electron chi connectivity index (χ3n) is 3.36. The highest BCUT2D eigenvalue weighted by atomic mass is 32.2. The Morgan fingerprint density at radius 2 is 1.67 bits per heavy atom. The van der Waals surface area contributed by atoms with Gasteiger partial charge in [0.15, 0.2) is 0 Å². The number of hydrogen-bond acceptors (Lipinski definition) is 5. The molecule has 0 spiro atoms. The second-order valence-corrected chi connectivity index (χ2v) is 7.85. The number of sulfonamides is 1. The fourth-order valence-electron chi connectivity index (χ4n) is 2.14. The Labute approximate surface area is 142 Å². The van der Waals surface area contributed by atoms with Crippen LogP contribution < -0.4 is 9.60 Å². The van der Waals surface area contributed by atoms with E-state index in [0.717, 1.165) is 16.9 Å². The van der Waals surface area contributed by atoms with Crippen LogP contribution >= 0.6 is 11.3 Å². The molecule has 8 heteroatoms. The van der Waals surface area contributed by atoms with E-state index in [-0.39, 0.29) is 15.6 Å². The molecule has 3 N–H and O–H groups in total. The summed E-state index contributed by atoms with van der Waals surface area (Å²) in [5.74, 6) is -0.196. The standard InChI is InChI=1S/C16H14N2O4S2/c1-10-2-8-13(9-3-10)24(21,22)18-12-6-4-11(5-7-12)14-15(19)17-16(20)23-14/h2-9,18-19H,1H3,(H,17,20). The predicted octanol–water partition coefficient (Wildman–Crippen LogP) is 2.92. The third-order valence-corrected chi connectivity index (χ3v) is 5.68. The van der Waals surface area contributed by atoms with E-state index in [2.05, 4.69) is 9.71 Å². The van der Waals surface area contributed by atoms with E-state index in [1.54, 1.807) is 48.5 Å². The van der Waals surface area contributed by atoms with Crippen LogP contribution in [-0.2, 0) is 10.0 Å². The molecule has 6 nitrogen and oxygen atoms in total. The summed E-state index contributed by atoms with van der Waals surface area (Å²) in [7, 11) is -3.66. The molecule has 0 aliphatic carbocycles. The zero-order chi connectivity index (χ0) is 17.3. The molecule has 24 heavy (non-hydrogen) atoms. The third kappa shape index (κ3) is 3.34. The number of aromatic hydroxyl groups is 1. The van der Waals surface area contributed by atoms with Gasteiger partial charge in [0.05, 0.1) is 9.77 Å². The fourth-order valence-corrected chi connectivity index (χ4v) is 3.93. The van der Waals surface area contributed by atoms with Crippen LogP contribution in [0.3, 0.4) is 0 Å². The van der Waals surface area contributed by atoms with Gasteiger partial charge in [-0.1, -0.05) is 41.2 Å². The van der Waals surface area contributed by atoms with Crippen molar-refractivity contribution in [3.05, 3.63) is 63.8 Å². The Morgan fingerprint density at radius 1 is 1.04 bits per heavy atom. The Morgan fingerprint density at radius 3 is 2.21 bits per heavy atom. The number of thiazole rings is 1. The monoisotopic (exact) mass is 362 g/mol. The van der Waals surface area contributed by atoms with Gasteiger partial charge in [0.2, 0.25) is 5.88 Å². The van der Waals surface area contributed by atoms with E-state index in [9.17, 15) is 18.3 Å². The predicted molar refractivity (Wildman–Crippen MR) is 94.0 cm³/mol. The zero-order valence-electron chi connectivity index (χ0n) is 12.6. The van der Waals surface area contributed by atoms with Crippen molar-refractivity contribution in [2.24, 2.45) is 0 Å². The van der Waals surface area contributed by atoms with Crippen molar-refractivity contribution in [1.29, 1.82) is 0 Å². The van der Waals surface area contributed by atoms with Gasteiger partial charge in [-0.2, -0.15) is 0 Å². The largest absolute Gasteiger partial charge is 0.493 e. The van der Waals surface area contributed by atoms with Gasteiger partial charge in [-0.3, -0.25) is 14.5 Å². The van der Waals surface area contributed by atoms with Crippen molar-refractivity contribution in [1.82, 2.24) is 4.98 Å². The van der Waals surface area contributed by atoms with E-state index in [1.807, 2.05) is 6.92 Å². The van der Waals surface area contributed by atoms with Crippen LogP contribution in [0.15, 0.2) is 58.2 Å². The van der Waals surface area contributed by atoms with Crippen LogP contribution in [0.2, 0.25) is 0 Å².